The highest BCUT2D eigenvalue weighted by Gasteiger charge is 2.25. The van der Waals surface area contributed by atoms with Crippen LogP contribution in [0.15, 0.2) is 23.1 Å². The molecule has 0 fully saturated rings. The molecule has 0 heterocycles. The van der Waals surface area contributed by atoms with Gasteiger partial charge in [0.05, 0.1) is 17.6 Å². The topological polar surface area (TPSA) is 119 Å². The van der Waals surface area contributed by atoms with E-state index in [0.29, 0.717) is 6.42 Å². The van der Waals surface area contributed by atoms with Gasteiger partial charge in [0.2, 0.25) is 10.0 Å². The standard InChI is InChI=1S/C13H20N2O5S/c1-3-10(6-7-16)15-21(18,19)12-8-9(14)4-5-11(12)13(17)20-2/h4-5,8,10,15-16H,3,6-7,14H2,1-2H3. The van der Waals surface area contributed by atoms with E-state index < -0.39 is 22.0 Å². The molecule has 1 atom stereocenters. The quantitative estimate of drug-likeness (QED) is 0.498. The number of benzene rings is 1. The molecule has 0 aliphatic carbocycles. The molecule has 0 aromatic heterocycles. The van der Waals surface area contributed by atoms with Crippen LogP contribution in [0, 0.1) is 0 Å². The van der Waals surface area contributed by atoms with Crippen LogP contribution in [0.1, 0.15) is 30.1 Å². The van der Waals surface area contributed by atoms with Crippen LogP contribution in [-0.4, -0.2) is 39.3 Å². The average Bonchev–Trinajstić information content (AvgIpc) is 2.45. The SMILES string of the molecule is CCC(CCO)NS(=O)(=O)c1cc(N)ccc1C(=O)OC. The van der Waals surface area contributed by atoms with E-state index in [4.69, 9.17) is 10.8 Å². The Labute approximate surface area is 124 Å². The molecule has 1 aromatic carbocycles. The lowest BCUT2D eigenvalue weighted by atomic mass is 10.2. The van der Waals surface area contributed by atoms with Crippen molar-refractivity contribution in [2.45, 2.75) is 30.7 Å². The van der Waals surface area contributed by atoms with E-state index in [1.807, 2.05) is 0 Å². The van der Waals surface area contributed by atoms with E-state index in [9.17, 15) is 13.2 Å². The van der Waals surface area contributed by atoms with Crippen LogP contribution in [0.25, 0.3) is 0 Å². The average molecular weight is 316 g/mol. The van der Waals surface area contributed by atoms with E-state index >= 15 is 0 Å². The summed E-state index contributed by atoms with van der Waals surface area (Å²) in [5.74, 6) is -0.759. The predicted molar refractivity (Wildman–Crippen MR) is 78.3 cm³/mol. The number of methoxy groups -OCH3 is 1. The zero-order chi connectivity index (χ0) is 16.0. The van der Waals surface area contributed by atoms with Crippen LogP contribution < -0.4 is 10.5 Å². The number of esters is 1. The minimum Gasteiger partial charge on any atom is -0.465 e. The number of aliphatic hydroxyl groups is 1. The zero-order valence-electron chi connectivity index (χ0n) is 12.0. The summed E-state index contributed by atoms with van der Waals surface area (Å²) in [5, 5.41) is 8.93. The Morgan fingerprint density at radius 2 is 2.14 bits per heavy atom. The van der Waals surface area contributed by atoms with Gasteiger partial charge >= 0.3 is 5.97 Å². The summed E-state index contributed by atoms with van der Waals surface area (Å²) >= 11 is 0. The highest BCUT2D eigenvalue weighted by molar-refractivity contribution is 7.89. The molecule has 0 saturated heterocycles. The van der Waals surface area contributed by atoms with Gasteiger partial charge in [-0.2, -0.15) is 0 Å². The van der Waals surface area contributed by atoms with Gasteiger partial charge in [-0.15, -0.1) is 0 Å². The van der Waals surface area contributed by atoms with Gasteiger partial charge < -0.3 is 15.6 Å². The zero-order valence-corrected chi connectivity index (χ0v) is 12.8. The molecular formula is C13H20N2O5S. The Bertz CT molecular complexity index is 601. The maximum Gasteiger partial charge on any atom is 0.339 e. The van der Waals surface area contributed by atoms with Crippen molar-refractivity contribution in [1.29, 1.82) is 0 Å². The van der Waals surface area contributed by atoms with Crippen LogP contribution in [0.4, 0.5) is 5.69 Å². The van der Waals surface area contributed by atoms with Crippen LogP contribution in [0.2, 0.25) is 0 Å². The summed E-state index contributed by atoms with van der Waals surface area (Å²) in [6.45, 7) is 1.66. The smallest absolute Gasteiger partial charge is 0.339 e. The molecule has 0 aliphatic rings. The van der Waals surface area contributed by atoms with Gasteiger partial charge in [-0.05, 0) is 31.0 Å². The number of ether oxygens (including phenoxy) is 1. The molecular weight excluding hydrogens is 296 g/mol. The molecule has 8 heteroatoms. The number of hydrogen-bond donors (Lipinski definition) is 3. The first-order valence-corrected chi connectivity index (χ1v) is 7.95. The number of nitrogens with one attached hydrogen (secondary N) is 1. The summed E-state index contributed by atoms with van der Waals surface area (Å²) in [6, 6.07) is 3.52. The van der Waals surface area contributed by atoms with E-state index in [0.717, 1.165) is 0 Å². The molecule has 4 N–H and O–H groups in total. The van der Waals surface area contributed by atoms with Gasteiger partial charge in [-0.3, -0.25) is 0 Å². The maximum absolute atomic E-state index is 12.4. The molecule has 7 nitrogen and oxygen atoms in total. The predicted octanol–water partition coefficient (Wildman–Crippen LogP) is 0.495. The Hall–Kier alpha value is -1.64. The Balaban J connectivity index is 3.23. The van der Waals surface area contributed by atoms with Crippen LogP contribution in [0.5, 0.6) is 0 Å². The molecule has 0 spiro atoms. The second-order valence-electron chi connectivity index (χ2n) is 4.49. The lowest BCUT2D eigenvalue weighted by Gasteiger charge is -2.17. The third kappa shape index (κ3) is 4.42. The second-order valence-corrected chi connectivity index (χ2v) is 6.17. The summed E-state index contributed by atoms with van der Waals surface area (Å²) in [6.07, 6.45) is 0.793. The summed E-state index contributed by atoms with van der Waals surface area (Å²) in [4.78, 5) is 11.4. The van der Waals surface area contributed by atoms with E-state index in [1.54, 1.807) is 6.92 Å². The molecule has 21 heavy (non-hydrogen) atoms. The van der Waals surface area contributed by atoms with Crippen LogP contribution in [-0.2, 0) is 14.8 Å². The minimum absolute atomic E-state index is 0.0851. The van der Waals surface area contributed by atoms with Crippen molar-refractivity contribution < 1.29 is 23.1 Å². The number of nitrogen functional groups attached to an aromatic ring is 1. The van der Waals surface area contributed by atoms with Crippen LogP contribution >= 0.6 is 0 Å². The van der Waals surface area contributed by atoms with E-state index in [1.165, 1.54) is 25.3 Å². The molecule has 0 bridgehead atoms. The minimum atomic E-state index is -3.94. The number of rotatable bonds is 7. The highest BCUT2D eigenvalue weighted by atomic mass is 32.2. The van der Waals surface area contributed by atoms with Gasteiger partial charge in [0, 0.05) is 18.3 Å². The number of carbonyl (C=O) groups excluding carboxylic acids is 1. The number of anilines is 1. The number of carbonyl (C=O) groups is 1. The molecule has 1 aromatic rings. The summed E-state index contributed by atoms with van der Waals surface area (Å²) in [7, 11) is -2.77. The lowest BCUT2D eigenvalue weighted by Crippen LogP contribution is -2.35. The first-order valence-electron chi connectivity index (χ1n) is 6.46. The van der Waals surface area contributed by atoms with Crippen molar-refractivity contribution in [2.24, 2.45) is 0 Å². The molecule has 118 valence electrons. The van der Waals surface area contributed by atoms with Gasteiger partial charge in [0.25, 0.3) is 0 Å². The lowest BCUT2D eigenvalue weighted by molar-refractivity contribution is 0.0596. The fourth-order valence-corrected chi connectivity index (χ4v) is 3.41. The van der Waals surface area contributed by atoms with Crippen molar-refractivity contribution in [3.63, 3.8) is 0 Å². The number of aliphatic hydroxyl groups excluding tert-OH is 1. The van der Waals surface area contributed by atoms with Crippen molar-refractivity contribution >= 4 is 21.7 Å². The third-order valence-corrected chi connectivity index (χ3v) is 4.55. The number of hydrogen-bond acceptors (Lipinski definition) is 6. The molecule has 1 unspecified atom stereocenters. The third-order valence-electron chi connectivity index (χ3n) is 2.99. The molecule has 0 aliphatic heterocycles. The van der Waals surface area contributed by atoms with Gasteiger partial charge in [-0.1, -0.05) is 6.92 Å². The van der Waals surface area contributed by atoms with Crippen molar-refractivity contribution in [2.75, 3.05) is 19.5 Å². The normalized spacial score (nSPS) is 12.9. The Morgan fingerprint density at radius 1 is 1.48 bits per heavy atom. The van der Waals surface area contributed by atoms with Crippen molar-refractivity contribution in [1.82, 2.24) is 4.72 Å². The monoisotopic (exact) mass is 316 g/mol. The van der Waals surface area contributed by atoms with Crippen molar-refractivity contribution in [3.05, 3.63) is 23.8 Å². The Morgan fingerprint density at radius 3 is 2.67 bits per heavy atom. The largest absolute Gasteiger partial charge is 0.465 e. The van der Waals surface area contributed by atoms with Crippen LogP contribution in [0.3, 0.4) is 0 Å². The van der Waals surface area contributed by atoms with Crippen molar-refractivity contribution in [3.8, 4) is 0 Å². The first-order chi connectivity index (χ1) is 9.85. The molecule has 1 rings (SSSR count). The highest BCUT2D eigenvalue weighted by Crippen LogP contribution is 2.21. The maximum atomic E-state index is 12.4. The van der Waals surface area contributed by atoms with E-state index in [-0.39, 0.29) is 29.2 Å². The van der Waals surface area contributed by atoms with Gasteiger partial charge in [0.1, 0.15) is 0 Å². The first kappa shape index (κ1) is 17.4. The Kier molecular flexibility index (Phi) is 6.13. The second kappa shape index (κ2) is 7.39. The fourth-order valence-electron chi connectivity index (χ4n) is 1.82. The summed E-state index contributed by atoms with van der Waals surface area (Å²) < 4.78 is 31.9. The van der Waals surface area contributed by atoms with Gasteiger partial charge in [0.15, 0.2) is 0 Å². The number of nitrogens with two attached hydrogens (primary N) is 1. The van der Waals surface area contributed by atoms with E-state index in [2.05, 4.69) is 9.46 Å². The summed E-state index contributed by atoms with van der Waals surface area (Å²) in [5.41, 5.74) is 5.74. The molecule has 0 amide bonds. The van der Waals surface area contributed by atoms with Gasteiger partial charge in [-0.25, -0.2) is 17.9 Å². The molecule has 0 radical (unpaired) electrons. The molecule has 0 saturated carbocycles. The number of sulfonamides is 1. The fraction of sp³-hybridized carbons (Fsp3) is 0.462.